The zero-order valence-electron chi connectivity index (χ0n) is 8.86. The highest BCUT2D eigenvalue weighted by Gasteiger charge is 2.09. The van der Waals surface area contributed by atoms with E-state index in [2.05, 4.69) is 0 Å². The van der Waals surface area contributed by atoms with Crippen LogP contribution in [0, 0.1) is 12.8 Å². The highest BCUT2D eigenvalue weighted by Crippen LogP contribution is 2.14. The van der Waals surface area contributed by atoms with Gasteiger partial charge < -0.3 is 9.90 Å². The molecule has 0 spiro atoms. The van der Waals surface area contributed by atoms with Gasteiger partial charge in [-0.05, 0) is 30.5 Å². The fourth-order valence-corrected chi connectivity index (χ4v) is 1.45. The standard InChI is InChI=1S/C12H14O3/c1-8(7-13)5-10-4-3-9(2)11(6-10)12(14)15/h3-4,6-8H,5H2,1-2H3,(H,14,15). The quantitative estimate of drug-likeness (QED) is 0.767. The first-order valence-corrected chi connectivity index (χ1v) is 4.82. The summed E-state index contributed by atoms with van der Waals surface area (Å²) in [6.45, 7) is 3.57. The average molecular weight is 206 g/mol. The number of benzene rings is 1. The van der Waals surface area contributed by atoms with Crippen LogP contribution >= 0.6 is 0 Å². The summed E-state index contributed by atoms with van der Waals surface area (Å²) in [7, 11) is 0. The molecule has 1 N–H and O–H groups in total. The summed E-state index contributed by atoms with van der Waals surface area (Å²) in [6, 6.07) is 5.27. The third-order valence-electron chi connectivity index (χ3n) is 2.32. The summed E-state index contributed by atoms with van der Waals surface area (Å²) in [5, 5.41) is 8.91. The third-order valence-corrected chi connectivity index (χ3v) is 2.32. The SMILES string of the molecule is Cc1ccc(CC(C)C=O)cc1C(=O)O. The van der Waals surface area contributed by atoms with E-state index >= 15 is 0 Å². The van der Waals surface area contributed by atoms with Gasteiger partial charge in [0.15, 0.2) is 0 Å². The lowest BCUT2D eigenvalue weighted by atomic mass is 9.98. The molecule has 0 amide bonds. The summed E-state index contributed by atoms with van der Waals surface area (Å²) in [5.41, 5.74) is 1.94. The van der Waals surface area contributed by atoms with Crippen molar-refractivity contribution in [3.63, 3.8) is 0 Å². The predicted molar refractivity (Wildman–Crippen MR) is 57.1 cm³/mol. The summed E-state index contributed by atoms with van der Waals surface area (Å²) < 4.78 is 0. The Bertz CT molecular complexity index is 382. The van der Waals surface area contributed by atoms with Crippen LogP contribution in [0.4, 0.5) is 0 Å². The normalized spacial score (nSPS) is 12.1. The molecule has 0 radical (unpaired) electrons. The van der Waals surface area contributed by atoms with Crippen LogP contribution in [0.5, 0.6) is 0 Å². The fourth-order valence-electron chi connectivity index (χ4n) is 1.45. The lowest BCUT2D eigenvalue weighted by molar-refractivity contribution is -0.110. The Hall–Kier alpha value is -1.64. The van der Waals surface area contributed by atoms with Gasteiger partial charge in [0, 0.05) is 5.92 Å². The number of rotatable bonds is 4. The van der Waals surface area contributed by atoms with Gasteiger partial charge in [0.05, 0.1) is 5.56 Å². The van der Waals surface area contributed by atoms with Crippen LogP contribution in [0.3, 0.4) is 0 Å². The number of hydrogen-bond acceptors (Lipinski definition) is 2. The lowest BCUT2D eigenvalue weighted by Crippen LogP contribution is -2.04. The van der Waals surface area contributed by atoms with Crippen molar-refractivity contribution in [3.05, 3.63) is 34.9 Å². The average Bonchev–Trinajstić information content (AvgIpc) is 2.20. The summed E-state index contributed by atoms with van der Waals surface area (Å²) >= 11 is 0. The van der Waals surface area contributed by atoms with E-state index in [0.29, 0.717) is 12.0 Å². The Morgan fingerprint density at radius 3 is 2.73 bits per heavy atom. The molecule has 0 fully saturated rings. The van der Waals surface area contributed by atoms with Crippen molar-refractivity contribution in [2.24, 2.45) is 5.92 Å². The third kappa shape index (κ3) is 2.91. The van der Waals surface area contributed by atoms with Gasteiger partial charge in [-0.3, -0.25) is 0 Å². The van der Waals surface area contributed by atoms with Crippen molar-refractivity contribution in [3.8, 4) is 0 Å². The van der Waals surface area contributed by atoms with Gasteiger partial charge in [-0.2, -0.15) is 0 Å². The van der Waals surface area contributed by atoms with Crippen LogP contribution in [0.1, 0.15) is 28.4 Å². The minimum absolute atomic E-state index is 0.0747. The Balaban J connectivity index is 2.97. The Morgan fingerprint density at radius 1 is 1.53 bits per heavy atom. The highest BCUT2D eigenvalue weighted by atomic mass is 16.4. The number of aromatic carboxylic acids is 1. The molecular formula is C12H14O3. The molecule has 0 heterocycles. The summed E-state index contributed by atoms with van der Waals surface area (Å²) in [5.74, 6) is -0.998. The van der Waals surface area contributed by atoms with E-state index in [1.165, 1.54) is 0 Å². The number of aryl methyl sites for hydroxylation is 1. The Labute approximate surface area is 88.7 Å². The number of aldehydes is 1. The number of carbonyl (C=O) groups is 2. The van der Waals surface area contributed by atoms with E-state index in [4.69, 9.17) is 5.11 Å². The smallest absolute Gasteiger partial charge is 0.335 e. The second-order valence-electron chi connectivity index (χ2n) is 3.77. The molecule has 0 aliphatic heterocycles. The van der Waals surface area contributed by atoms with Crippen molar-refractivity contribution in [2.45, 2.75) is 20.3 Å². The van der Waals surface area contributed by atoms with Crippen molar-refractivity contribution >= 4 is 12.3 Å². The minimum atomic E-state index is -0.923. The van der Waals surface area contributed by atoms with Gasteiger partial charge in [-0.15, -0.1) is 0 Å². The maximum absolute atomic E-state index is 10.9. The molecule has 3 nitrogen and oxygen atoms in total. The van der Waals surface area contributed by atoms with E-state index < -0.39 is 5.97 Å². The molecule has 1 aromatic carbocycles. The van der Waals surface area contributed by atoms with E-state index in [1.54, 1.807) is 19.1 Å². The monoisotopic (exact) mass is 206 g/mol. The second-order valence-corrected chi connectivity index (χ2v) is 3.77. The van der Waals surface area contributed by atoms with E-state index in [0.717, 1.165) is 17.4 Å². The number of hydrogen-bond donors (Lipinski definition) is 1. The molecule has 0 aliphatic carbocycles. The van der Waals surface area contributed by atoms with Gasteiger partial charge in [-0.25, -0.2) is 4.79 Å². The predicted octanol–water partition coefficient (Wildman–Crippen LogP) is 2.07. The van der Waals surface area contributed by atoms with Crippen LogP contribution in [-0.4, -0.2) is 17.4 Å². The largest absolute Gasteiger partial charge is 0.478 e. The molecule has 1 atom stereocenters. The summed E-state index contributed by atoms with van der Waals surface area (Å²) in [4.78, 5) is 21.3. The maximum atomic E-state index is 10.9. The van der Waals surface area contributed by atoms with Gasteiger partial charge in [0.1, 0.15) is 6.29 Å². The van der Waals surface area contributed by atoms with Crippen LogP contribution in [0.2, 0.25) is 0 Å². The molecule has 1 unspecified atom stereocenters. The molecule has 0 saturated heterocycles. The maximum Gasteiger partial charge on any atom is 0.335 e. The fraction of sp³-hybridized carbons (Fsp3) is 0.333. The number of carbonyl (C=O) groups excluding carboxylic acids is 1. The molecule has 3 heteroatoms. The van der Waals surface area contributed by atoms with Crippen molar-refractivity contribution in [1.29, 1.82) is 0 Å². The minimum Gasteiger partial charge on any atom is -0.478 e. The molecule has 80 valence electrons. The zero-order valence-corrected chi connectivity index (χ0v) is 8.86. The number of carboxylic acid groups (broad SMARTS) is 1. The zero-order chi connectivity index (χ0) is 11.4. The summed E-state index contributed by atoms with van der Waals surface area (Å²) in [6.07, 6.45) is 1.46. The van der Waals surface area contributed by atoms with Crippen molar-refractivity contribution in [2.75, 3.05) is 0 Å². The molecule has 0 bridgehead atoms. The Morgan fingerprint density at radius 2 is 2.20 bits per heavy atom. The van der Waals surface area contributed by atoms with Gasteiger partial charge in [-0.1, -0.05) is 19.1 Å². The molecule has 1 rings (SSSR count). The topological polar surface area (TPSA) is 54.4 Å². The van der Waals surface area contributed by atoms with Gasteiger partial charge in [0.2, 0.25) is 0 Å². The second kappa shape index (κ2) is 4.73. The van der Waals surface area contributed by atoms with Crippen LogP contribution in [0.15, 0.2) is 18.2 Å². The van der Waals surface area contributed by atoms with Gasteiger partial charge >= 0.3 is 5.97 Å². The first-order chi connectivity index (χ1) is 7.04. The van der Waals surface area contributed by atoms with E-state index in [9.17, 15) is 9.59 Å². The lowest BCUT2D eigenvalue weighted by Gasteiger charge is -2.07. The van der Waals surface area contributed by atoms with Crippen LogP contribution < -0.4 is 0 Å². The molecule has 0 saturated carbocycles. The highest BCUT2D eigenvalue weighted by molar-refractivity contribution is 5.89. The van der Waals surface area contributed by atoms with E-state index in [1.807, 2.05) is 13.0 Å². The van der Waals surface area contributed by atoms with Crippen LogP contribution in [-0.2, 0) is 11.2 Å². The number of carboxylic acids is 1. The first-order valence-electron chi connectivity index (χ1n) is 4.82. The molecule has 15 heavy (non-hydrogen) atoms. The molecule has 1 aromatic rings. The van der Waals surface area contributed by atoms with E-state index in [-0.39, 0.29) is 5.92 Å². The van der Waals surface area contributed by atoms with Crippen LogP contribution in [0.25, 0.3) is 0 Å². The van der Waals surface area contributed by atoms with Gasteiger partial charge in [0.25, 0.3) is 0 Å². The first kappa shape index (κ1) is 11.4. The molecular weight excluding hydrogens is 192 g/mol. The Kier molecular flexibility index (Phi) is 3.61. The van der Waals surface area contributed by atoms with Crippen molar-refractivity contribution < 1.29 is 14.7 Å². The molecule has 0 aromatic heterocycles. The molecule has 0 aliphatic rings. The van der Waals surface area contributed by atoms with Crippen molar-refractivity contribution in [1.82, 2.24) is 0 Å².